The van der Waals surface area contributed by atoms with Crippen molar-refractivity contribution in [1.82, 2.24) is 0 Å². The molecule has 0 spiro atoms. The lowest BCUT2D eigenvalue weighted by atomic mass is 9.86. The zero-order chi connectivity index (χ0) is 18.2. The van der Waals surface area contributed by atoms with E-state index in [2.05, 4.69) is 31.2 Å². The van der Waals surface area contributed by atoms with Crippen LogP contribution in [0.3, 0.4) is 0 Å². The number of hydrogen-bond acceptors (Lipinski definition) is 4. The van der Waals surface area contributed by atoms with Crippen LogP contribution in [0.4, 0.5) is 0 Å². The van der Waals surface area contributed by atoms with E-state index < -0.39 is 0 Å². The highest BCUT2D eigenvalue weighted by Crippen LogP contribution is 2.29. The van der Waals surface area contributed by atoms with Gasteiger partial charge in [-0.15, -0.1) is 0 Å². The van der Waals surface area contributed by atoms with Crippen LogP contribution in [0.2, 0.25) is 0 Å². The van der Waals surface area contributed by atoms with Crippen molar-refractivity contribution in [2.24, 2.45) is 17.6 Å². The lowest BCUT2D eigenvalue weighted by Gasteiger charge is -2.40. The average Bonchev–Trinajstić information content (AvgIpc) is 2.69. The van der Waals surface area contributed by atoms with Crippen LogP contribution in [0.25, 0.3) is 0 Å². The minimum atomic E-state index is 0.0299. The van der Waals surface area contributed by atoms with Crippen LogP contribution in [-0.2, 0) is 27.4 Å². The molecule has 0 unspecified atom stereocenters. The Bertz CT molecular complexity index is 634. The molecule has 1 fully saturated rings. The first-order valence-corrected chi connectivity index (χ1v) is 9.36. The van der Waals surface area contributed by atoms with E-state index in [1.165, 1.54) is 11.1 Å². The van der Waals surface area contributed by atoms with Gasteiger partial charge in [-0.05, 0) is 17.7 Å². The largest absolute Gasteiger partial charge is 0.375 e. The Morgan fingerprint density at radius 1 is 0.962 bits per heavy atom. The fourth-order valence-corrected chi connectivity index (χ4v) is 3.46. The molecule has 26 heavy (non-hydrogen) atoms. The molecule has 0 radical (unpaired) electrons. The molecule has 2 aromatic rings. The maximum atomic E-state index is 6.26. The number of ether oxygens (including phenoxy) is 3. The Labute approximate surface area is 156 Å². The Morgan fingerprint density at radius 3 is 2.19 bits per heavy atom. The van der Waals surface area contributed by atoms with E-state index in [9.17, 15) is 0 Å². The van der Waals surface area contributed by atoms with Crippen LogP contribution in [0, 0.1) is 11.8 Å². The molecule has 4 atom stereocenters. The quantitative estimate of drug-likeness (QED) is 0.788. The molecule has 0 bridgehead atoms. The maximum Gasteiger partial charge on any atom is 0.0859 e. The van der Waals surface area contributed by atoms with Gasteiger partial charge in [-0.2, -0.15) is 0 Å². The summed E-state index contributed by atoms with van der Waals surface area (Å²) < 4.78 is 18.2. The molecular weight excluding hydrogens is 326 g/mol. The minimum Gasteiger partial charge on any atom is -0.375 e. The molecule has 1 saturated heterocycles. The molecule has 1 heterocycles. The molecule has 0 saturated carbocycles. The van der Waals surface area contributed by atoms with Crippen molar-refractivity contribution in [2.75, 3.05) is 19.8 Å². The molecule has 1 aliphatic rings. The third-order valence-electron chi connectivity index (χ3n) is 5.08. The average molecular weight is 355 g/mol. The van der Waals surface area contributed by atoms with Crippen LogP contribution in [0.15, 0.2) is 60.7 Å². The minimum absolute atomic E-state index is 0.0299. The highest BCUT2D eigenvalue weighted by Gasteiger charge is 2.38. The fraction of sp³-hybridized carbons (Fsp3) is 0.455. The van der Waals surface area contributed by atoms with Crippen LogP contribution >= 0.6 is 0 Å². The van der Waals surface area contributed by atoms with Crippen LogP contribution in [-0.4, -0.2) is 32.0 Å². The van der Waals surface area contributed by atoms with E-state index in [0.29, 0.717) is 33.0 Å². The lowest BCUT2D eigenvalue weighted by Crippen LogP contribution is -2.50. The summed E-state index contributed by atoms with van der Waals surface area (Å²) in [5.41, 5.74) is 8.31. The van der Waals surface area contributed by atoms with Gasteiger partial charge in [0.2, 0.25) is 0 Å². The summed E-state index contributed by atoms with van der Waals surface area (Å²) in [5, 5.41) is 0. The van der Waals surface area contributed by atoms with Gasteiger partial charge in [0.15, 0.2) is 0 Å². The molecule has 4 nitrogen and oxygen atoms in total. The maximum absolute atomic E-state index is 6.26. The second-order valence-electron chi connectivity index (χ2n) is 6.99. The highest BCUT2D eigenvalue weighted by atomic mass is 16.5. The van der Waals surface area contributed by atoms with E-state index >= 15 is 0 Å². The van der Waals surface area contributed by atoms with Crippen molar-refractivity contribution >= 4 is 0 Å². The lowest BCUT2D eigenvalue weighted by molar-refractivity contribution is -0.165. The van der Waals surface area contributed by atoms with E-state index in [1.54, 1.807) is 0 Å². The molecule has 3 rings (SSSR count). The van der Waals surface area contributed by atoms with Gasteiger partial charge in [0.25, 0.3) is 0 Å². The van der Waals surface area contributed by atoms with Crippen molar-refractivity contribution in [1.29, 1.82) is 0 Å². The van der Waals surface area contributed by atoms with E-state index in [-0.39, 0.29) is 24.0 Å². The smallest absolute Gasteiger partial charge is 0.0859 e. The monoisotopic (exact) mass is 355 g/mol. The Kier molecular flexibility index (Phi) is 7.21. The standard InChI is InChI=1S/C22H29NO3/c1-17-21(16-24-13-18-8-4-2-5-9-18)25-15-20(12-23)22(17)26-14-19-10-6-3-7-11-19/h2-11,17,20-22H,12-16,23H2,1H3/t17-,20+,21+,22-/m0/s1. The Morgan fingerprint density at radius 2 is 1.58 bits per heavy atom. The van der Waals surface area contributed by atoms with Gasteiger partial charge in [0.05, 0.1) is 38.6 Å². The van der Waals surface area contributed by atoms with Gasteiger partial charge in [-0.3, -0.25) is 0 Å². The first-order valence-electron chi connectivity index (χ1n) is 9.36. The van der Waals surface area contributed by atoms with Gasteiger partial charge in [-0.1, -0.05) is 67.6 Å². The van der Waals surface area contributed by atoms with Crippen molar-refractivity contribution in [3.05, 3.63) is 71.8 Å². The first-order chi connectivity index (χ1) is 12.8. The first kappa shape index (κ1) is 19.1. The molecular formula is C22H29NO3. The van der Waals surface area contributed by atoms with Crippen molar-refractivity contribution in [3.8, 4) is 0 Å². The summed E-state index contributed by atoms with van der Waals surface area (Å²) in [6, 6.07) is 20.5. The van der Waals surface area contributed by atoms with Crippen LogP contribution in [0.1, 0.15) is 18.1 Å². The highest BCUT2D eigenvalue weighted by molar-refractivity contribution is 5.14. The number of rotatable bonds is 8. The molecule has 2 aromatic carbocycles. The molecule has 140 valence electrons. The SMILES string of the molecule is C[C@@H]1[C@H](OCc2ccccc2)[C@H](CN)CO[C@@H]1COCc1ccccc1. The molecule has 2 N–H and O–H groups in total. The van der Waals surface area contributed by atoms with E-state index in [4.69, 9.17) is 19.9 Å². The third-order valence-corrected chi connectivity index (χ3v) is 5.08. The normalized spacial score (nSPS) is 25.9. The van der Waals surface area contributed by atoms with E-state index in [1.807, 2.05) is 36.4 Å². The second-order valence-corrected chi connectivity index (χ2v) is 6.99. The van der Waals surface area contributed by atoms with E-state index in [0.717, 1.165) is 0 Å². The predicted molar refractivity (Wildman–Crippen MR) is 103 cm³/mol. The zero-order valence-corrected chi connectivity index (χ0v) is 15.4. The topological polar surface area (TPSA) is 53.7 Å². The molecule has 4 heteroatoms. The summed E-state index contributed by atoms with van der Waals surface area (Å²) in [6.45, 7) is 5.14. The third kappa shape index (κ3) is 5.15. The van der Waals surface area contributed by atoms with Crippen LogP contribution < -0.4 is 5.73 Å². The van der Waals surface area contributed by atoms with Gasteiger partial charge in [0.1, 0.15) is 0 Å². The molecule has 0 aromatic heterocycles. The number of hydrogen-bond donors (Lipinski definition) is 1. The van der Waals surface area contributed by atoms with Gasteiger partial charge < -0.3 is 19.9 Å². The second kappa shape index (κ2) is 9.83. The number of benzene rings is 2. The fourth-order valence-electron chi connectivity index (χ4n) is 3.46. The molecule has 0 aliphatic carbocycles. The zero-order valence-electron chi connectivity index (χ0n) is 15.4. The summed E-state index contributed by atoms with van der Waals surface area (Å²) in [6.07, 6.45) is 0.113. The van der Waals surface area contributed by atoms with Crippen molar-refractivity contribution in [2.45, 2.75) is 32.3 Å². The van der Waals surface area contributed by atoms with Gasteiger partial charge in [0, 0.05) is 11.8 Å². The Balaban J connectivity index is 1.53. The molecule has 1 aliphatic heterocycles. The molecule has 0 amide bonds. The van der Waals surface area contributed by atoms with Gasteiger partial charge >= 0.3 is 0 Å². The summed E-state index contributed by atoms with van der Waals surface area (Å²) in [4.78, 5) is 0. The van der Waals surface area contributed by atoms with Crippen LogP contribution in [0.5, 0.6) is 0 Å². The summed E-state index contributed by atoms with van der Waals surface area (Å²) in [7, 11) is 0. The van der Waals surface area contributed by atoms with Crippen molar-refractivity contribution in [3.63, 3.8) is 0 Å². The number of nitrogens with two attached hydrogens (primary N) is 1. The predicted octanol–water partition coefficient (Wildman–Crippen LogP) is 3.40. The summed E-state index contributed by atoms with van der Waals surface area (Å²) >= 11 is 0. The van der Waals surface area contributed by atoms with Crippen molar-refractivity contribution < 1.29 is 14.2 Å². The Hall–Kier alpha value is -1.72. The summed E-state index contributed by atoms with van der Waals surface area (Å²) in [5.74, 6) is 0.455. The van der Waals surface area contributed by atoms with Gasteiger partial charge in [-0.25, -0.2) is 0 Å².